The Morgan fingerprint density at radius 2 is 1.49 bits per heavy atom. The SMILES string of the molecule is CO/N=C1\C[C@@H](C)O[C@@H](O[C@@H]2[C@@H](C)[C@H](O[C@H]3C[C@H](C)N(C4CC4)C[C@H](C)O3)[C@@H](C)C(=O)O[C@H](C(C)CO[C@@H]3O[C@H](C)[C@@H](O)[C@@H](OC)[C@H]3OC)[C@H](C)[C@@H](OC(=O)CC(C)C)[C@@H](C)C(=O)[C@@](C)(OC(=O)NCc3ccccc3)C[C@@H]2C)[C@@H]1O. The number of ether oxygens (including phenoxy) is 11. The maximum atomic E-state index is 15.9. The van der Waals surface area contributed by atoms with Crippen molar-refractivity contribution < 1.29 is 86.3 Å². The molecule has 21 heteroatoms. The predicted octanol–water partition coefficient (Wildman–Crippen LogP) is 6.74. The number of oxime groups is 1. The first-order valence-corrected chi connectivity index (χ1v) is 29.4. The topological polar surface area (TPSA) is 247 Å². The molecule has 1 saturated carbocycles. The van der Waals surface area contributed by atoms with E-state index in [0.29, 0.717) is 24.7 Å². The predicted molar refractivity (Wildman–Crippen MR) is 297 cm³/mol. The number of nitrogens with zero attached hydrogens (tertiary/aromatic N) is 2. The van der Waals surface area contributed by atoms with E-state index in [0.717, 1.165) is 18.4 Å². The van der Waals surface area contributed by atoms with Gasteiger partial charge in [-0.3, -0.25) is 19.3 Å². The quantitative estimate of drug-likeness (QED) is 0.0782. The highest BCUT2D eigenvalue weighted by Crippen LogP contribution is 2.41. The minimum Gasteiger partial charge on any atom is -0.461 e. The number of esters is 2. The number of carbonyl (C=O) groups is 4. The van der Waals surface area contributed by atoms with Crippen LogP contribution in [0.15, 0.2) is 35.5 Å². The van der Waals surface area contributed by atoms with Gasteiger partial charge in [-0.2, -0.15) is 0 Å². The maximum absolute atomic E-state index is 15.9. The summed E-state index contributed by atoms with van der Waals surface area (Å²) in [6.07, 6.45) is -11.2. The first kappa shape index (κ1) is 66.3. The largest absolute Gasteiger partial charge is 0.461 e. The van der Waals surface area contributed by atoms with Crippen molar-refractivity contribution >= 4 is 29.5 Å². The molecule has 22 atom stereocenters. The molecule has 81 heavy (non-hydrogen) atoms. The number of alkyl carbamates (subject to hydrolysis) is 1. The monoisotopic (exact) mass is 1150 g/mol. The van der Waals surface area contributed by atoms with E-state index >= 15 is 9.59 Å². The number of aliphatic hydroxyl groups excluding tert-OH is 2. The Morgan fingerprint density at radius 3 is 2.12 bits per heavy atom. The standard InChI is InChI=1S/C60H97N3O18/c1-31(2)24-45(64)77-51-38(9)50(33(4)30-73-58-54(71-15)53(70-14)47(65)41(12)76-58)79-56(68)40(11)52(78-46-25-34(5)63(43-22-23-43)29-36(7)74-46)37(8)49(80-57-48(66)44(62-72-16)26-35(6)75-57)32(3)27-60(13,55(67)39(51)10)81-59(69)61-28-42-20-18-17-19-21-42/h17-21,31-41,43,46-54,57-58,65-66H,22-30H2,1-16H3,(H,61,69)/b62-44+/t32-,33?,34-,35+,36-,37+,38-,39+,40+,41+,46-,47+,48+,49-,50+,51+,52-,53+,54+,57-,58+,60-/m0/s1. The summed E-state index contributed by atoms with van der Waals surface area (Å²) in [6.45, 7) is 24.3. The lowest BCUT2D eigenvalue weighted by atomic mass is 9.74. The summed E-state index contributed by atoms with van der Waals surface area (Å²) in [5.41, 5.74) is -0.862. The van der Waals surface area contributed by atoms with Crippen LogP contribution in [0.4, 0.5) is 4.79 Å². The molecule has 0 spiro atoms. The van der Waals surface area contributed by atoms with Crippen LogP contribution in [0.25, 0.3) is 0 Å². The minimum atomic E-state index is -1.95. The normalized spacial score (nSPS) is 39.7. The van der Waals surface area contributed by atoms with E-state index in [2.05, 4.69) is 22.3 Å². The van der Waals surface area contributed by atoms with Crippen LogP contribution in [0.3, 0.4) is 0 Å². The third-order valence-corrected chi connectivity index (χ3v) is 17.0. The van der Waals surface area contributed by atoms with Crippen molar-refractivity contribution in [1.29, 1.82) is 0 Å². The number of rotatable bonds is 18. The molecule has 5 aliphatic rings. The molecule has 0 radical (unpaired) electrons. The van der Waals surface area contributed by atoms with Crippen LogP contribution < -0.4 is 5.32 Å². The number of carbonyl (C=O) groups excluding carboxylic acids is 4. The number of hydrogen-bond acceptors (Lipinski definition) is 20. The van der Waals surface area contributed by atoms with Gasteiger partial charge >= 0.3 is 18.0 Å². The molecule has 4 aliphatic heterocycles. The summed E-state index contributed by atoms with van der Waals surface area (Å²) in [6, 6.07) is 9.77. The van der Waals surface area contributed by atoms with Crippen LogP contribution in [0.1, 0.15) is 134 Å². The summed E-state index contributed by atoms with van der Waals surface area (Å²) in [7, 11) is 4.31. The van der Waals surface area contributed by atoms with Crippen molar-refractivity contribution in [1.82, 2.24) is 10.2 Å². The number of hydrogen-bond donors (Lipinski definition) is 3. The fourth-order valence-electron chi connectivity index (χ4n) is 12.5. The lowest BCUT2D eigenvalue weighted by molar-refractivity contribution is -0.305. The number of benzene rings is 1. The van der Waals surface area contributed by atoms with Crippen LogP contribution in [0, 0.1) is 41.4 Å². The summed E-state index contributed by atoms with van der Waals surface area (Å²) in [4.78, 5) is 67.3. The van der Waals surface area contributed by atoms with Gasteiger partial charge in [0, 0.05) is 76.4 Å². The van der Waals surface area contributed by atoms with Crippen LogP contribution in [-0.4, -0.2) is 183 Å². The summed E-state index contributed by atoms with van der Waals surface area (Å²) in [5, 5.41) is 29.8. The van der Waals surface area contributed by atoms with Gasteiger partial charge in [0.15, 0.2) is 30.3 Å². The van der Waals surface area contributed by atoms with Crippen molar-refractivity contribution in [2.45, 2.75) is 239 Å². The molecular formula is C60H97N3O18. The van der Waals surface area contributed by atoms with Gasteiger partial charge in [0.25, 0.3) is 0 Å². The number of amides is 1. The van der Waals surface area contributed by atoms with Crippen molar-refractivity contribution in [2.75, 3.05) is 34.5 Å². The molecule has 4 saturated heterocycles. The number of nitrogens with one attached hydrogen (secondary N) is 1. The highest BCUT2D eigenvalue weighted by atomic mass is 16.7. The Hall–Kier alpha value is -3.87. The molecule has 0 aromatic heterocycles. The number of ketones is 1. The van der Waals surface area contributed by atoms with E-state index < -0.39 is 145 Å². The van der Waals surface area contributed by atoms with Crippen molar-refractivity contribution in [2.24, 2.45) is 46.6 Å². The molecule has 1 unspecified atom stereocenters. The Bertz CT molecular complexity index is 2200. The average Bonchev–Trinajstić information content (AvgIpc) is 4.37. The smallest absolute Gasteiger partial charge is 0.408 e. The second-order valence-corrected chi connectivity index (χ2v) is 24.5. The third-order valence-electron chi connectivity index (χ3n) is 17.0. The van der Waals surface area contributed by atoms with Gasteiger partial charge in [0.1, 0.15) is 43.7 Å². The summed E-state index contributed by atoms with van der Waals surface area (Å²) < 4.78 is 70.8. The molecule has 460 valence electrons. The Morgan fingerprint density at radius 1 is 0.815 bits per heavy atom. The zero-order valence-electron chi connectivity index (χ0n) is 50.9. The van der Waals surface area contributed by atoms with Gasteiger partial charge in [-0.05, 0) is 78.2 Å². The number of aliphatic hydroxyl groups is 2. The molecule has 21 nitrogen and oxygen atoms in total. The Balaban J connectivity index is 1.50. The average molecular weight is 1150 g/mol. The van der Waals surface area contributed by atoms with E-state index in [9.17, 15) is 19.8 Å². The lowest BCUT2D eigenvalue weighted by Gasteiger charge is -2.45. The Labute approximate surface area is 480 Å². The zero-order chi connectivity index (χ0) is 59.6. The fourth-order valence-corrected chi connectivity index (χ4v) is 12.5. The molecule has 1 aliphatic carbocycles. The molecule has 1 aromatic rings. The van der Waals surface area contributed by atoms with Crippen LogP contribution >= 0.6 is 0 Å². The third kappa shape index (κ3) is 17.2. The molecule has 6 rings (SSSR count). The highest BCUT2D eigenvalue weighted by molar-refractivity contribution is 5.91. The number of methoxy groups -OCH3 is 2. The molecular weight excluding hydrogens is 1050 g/mol. The van der Waals surface area contributed by atoms with E-state index in [1.807, 2.05) is 78.8 Å². The lowest BCUT2D eigenvalue weighted by Crippen LogP contribution is -2.59. The molecule has 1 amide bonds. The van der Waals surface area contributed by atoms with Crippen molar-refractivity contribution in [3.05, 3.63) is 35.9 Å². The number of cyclic esters (lactones) is 1. The van der Waals surface area contributed by atoms with E-state index in [4.69, 9.17) is 56.9 Å². The summed E-state index contributed by atoms with van der Waals surface area (Å²) in [5.74, 6) is -7.32. The Kier molecular flexibility index (Phi) is 24.4. The first-order chi connectivity index (χ1) is 38.3. The molecule has 0 bridgehead atoms. The molecule has 5 fully saturated rings. The van der Waals surface area contributed by atoms with Crippen LogP contribution in [-0.2, 0) is 77.9 Å². The van der Waals surface area contributed by atoms with E-state index in [1.165, 1.54) is 21.3 Å². The summed E-state index contributed by atoms with van der Waals surface area (Å²) >= 11 is 0. The van der Waals surface area contributed by atoms with Crippen LogP contribution in [0.2, 0.25) is 0 Å². The van der Waals surface area contributed by atoms with Gasteiger partial charge in [0.2, 0.25) is 0 Å². The van der Waals surface area contributed by atoms with Gasteiger partial charge in [0.05, 0.1) is 54.7 Å². The van der Waals surface area contributed by atoms with Crippen molar-refractivity contribution in [3.8, 4) is 0 Å². The van der Waals surface area contributed by atoms with Gasteiger partial charge < -0.3 is 72.5 Å². The second-order valence-electron chi connectivity index (χ2n) is 24.5. The second kappa shape index (κ2) is 29.8. The van der Waals surface area contributed by atoms with E-state index in [-0.39, 0.29) is 50.5 Å². The van der Waals surface area contributed by atoms with E-state index in [1.54, 1.807) is 34.6 Å². The highest BCUT2D eigenvalue weighted by Gasteiger charge is 2.53. The minimum absolute atomic E-state index is 0.0123. The fraction of sp³-hybridized carbons (Fsp3) is 0.817. The van der Waals surface area contributed by atoms with Crippen molar-refractivity contribution in [3.63, 3.8) is 0 Å². The maximum Gasteiger partial charge on any atom is 0.408 e. The van der Waals surface area contributed by atoms with Gasteiger partial charge in [-0.25, -0.2) is 4.79 Å². The molecule has 4 heterocycles. The van der Waals surface area contributed by atoms with Gasteiger partial charge in [-0.15, -0.1) is 0 Å². The first-order valence-electron chi connectivity index (χ1n) is 29.4. The zero-order valence-corrected chi connectivity index (χ0v) is 50.9. The molecule has 1 aromatic carbocycles. The molecule has 3 N–H and O–H groups in total. The van der Waals surface area contributed by atoms with Gasteiger partial charge in [-0.1, -0.05) is 84.0 Å². The number of Topliss-reactive ketones (excluding diaryl/α,β-unsaturated/α-hetero) is 1. The van der Waals surface area contributed by atoms with Crippen LogP contribution in [0.5, 0.6) is 0 Å².